The summed E-state index contributed by atoms with van der Waals surface area (Å²) in [5, 5.41) is 0.678. The zero-order valence-corrected chi connectivity index (χ0v) is 13.2. The molecular formula is C14H13ClFIN2. The molecular weight excluding hydrogens is 378 g/mol. The first-order chi connectivity index (χ1) is 9.02. The lowest BCUT2D eigenvalue weighted by atomic mass is 9.98. The summed E-state index contributed by atoms with van der Waals surface area (Å²) >= 11 is 8.29. The Morgan fingerprint density at radius 1 is 1.21 bits per heavy atom. The van der Waals surface area contributed by atoms with Crippen molar-refractivity contribution in [1.29, 1.82) is 0 Å². The number of benzene rings is 2. The minimum Gasteiger partial charge on any atom is -0.271 e. The van der Waals surface area contributed by atoms with Crippen LogP contribution in [-0.4, -0.2) is 0 Å². The van der Waals surface area contributed by atoms with Gasteiger partial charge < -0.3 is 0 Å². The molecule has 100 valence electrons. The second-order valence-electron chi connectivity index (χ2n) is 4.28. The first-order valence-electron chi connectivity index (χ1n) is 5.70. The maximum absolute atomic E-state index is 13.3. The lowest BCUT2D eigenvalue weighted by Gasteiger charge is -2.18. The summed E-state index contributed by atoms with van der Waals surface area (Å²) in [5.74, 6) is 5.40. The summed E-state index contributed by atoms with van der Waals surface area (Å²) in [6.45, 7) is 1.73. The highest BCUT2D eigenvalue weighted by atomic mass is 127. The van der Waals surface area contributed by atoms with E-state index in [4.69, 9.17) is 17.4 Å². The summed E-state index contributed by atoms with van der Waals surface area (Å²) in [5.41, 5.74) is 5.18. The highest BCUT2D eigenvalue weighted by molar-refractivity contribution is 14.1. The van der Waals surface area contributed by atoms with Gasteiger partial charge in [0.25, 0.3) is 0 Å². The molecule has 3 N–H and O–H groups in total. The van der Waals surface area contributed by atoms with E-state index in [0.717, 1.165) is 14.7 Å². The van der Waals surface area contributed by atoms with Crippen LogP contribution in [0.25, 0.3) is 0 Å². The molecule has 1 unspecified atom stereocenters. The Bertz CT molecular complexity index is 552. The molecule has 2 aromatic rings. The fraction of sp³-hybridized carbons (Fsp3) is 0.143. The van der Waals surface area contributed by atoms with E-state index in [2.05, 4.69) is 28.0 Å². The summed E-state index contributed by atoms with van der Waals surface area (Å²) in [4.78, 5) is 0. The summed E-state index contributed by atoms with van der Waals surface area (Å²) in [6, 6.07) is 10.5. The lowest BCUT2D eigenvalue weighted by Crippen LogP contribution is -2.29. The van der Waals surface area contributed by atoms with E-state index in [1.165, 1.54) is 6.07 Å². The SMILES string of the molecule is Cc1cc(C(NN)c2ccc(I)c(Cl)c2)ccc1F. The Morgan fingerprint density at radius 3 is 2.42 bits per heavy atom. The predicted molar refractivity (Wildman–Crippen MR) is 84.5 cm³/mol. The van der Waals surface area contributed by atoms with Gasteiger partial charge in [0, 0.05) is 3.57 Å². The van der Waals surface area contributed by atoms with E-state index >= 15 is 0 Å². The number of hydrogen-bond donors (Lipinski definition) is 2. The van der Waals surface area contributed by atoms with Gasteiger partial charge in [0.05, 0.1) is 11.1 Å². The molecule has 2 nitrogen and oxygen atoms in total. The molecule has 0 fully saturated rings. The minimum atomic E-state index is -0.222. The molecule has 1 atom stereocenters. The minimum absolute atomic E-state index is 0.214. The van der Waals surface area contributed by atoms with Crippen molar-refractivity contribution in [3.05, 3.63) is 67.5 Å². The highest BCUT2D eigenvalue weighted by Crippen LogP contribution is 2.27. The second kappa shape index (κ2) is 6.17. The molecule has 19 heavy (non-hydrogen) atoms. The Kier molecular flexibility index (Phi) is 4.78. The third-order valence-electron chi connectivity index (χ3n) is 2.96. The Labute approximate surface area is 130 Å². The molecule has 0 amide bonds. The molecule has 0 aliphatic carbocycles. The number of hydrogen-bond acceptors (Lipinski definition) is 2. The molecule has 0 radical (unpaired) electrons. The van der Waals surface area contributed by atoms with Crippen molar-refractivity contribution in [3.8, 4) is 0 Å². The van der Waals surface area contributed by atoms with Crippen molar-refractivity contribution in [2.75, 3.05) is 0 Å². The Morgan fingerprint density at radius 2 is 1.84 bits per heavy atom. The van der Waals surface area contributed by atoms with E-state index in [-0.39, 0.29) is 11.9 Å². The van der Waals surface area contributed by atoms with Crippen molar-refractivity contribution in [2.24, 2.45) is 5.84 Å². The molecule has 0 saturated carbocycles. The Hall–Kier alpha value is -0.690. The largest absolute Gasteiger partial charge is 0.271 e. The maximum atomic E-state index is 13.3. The van der Waals surface area contributed by atoms with Gasteiger partial charge in [-0.05, 0) is 64.4 Å². The molecule has 0 saturated heterocycles. The predicted octanol–water partition coefficient (Wildman–Crippen LogP) is 3.94. The van der Waals surface area contributed by atoms with Crippen LogP contribution in [0.3, 0.4) is 0 Å². The average molecular weight is 391 g/mol. The second-order valence-corrected chi connectivity index (χ2v) is 5.85. The fourth-order valence-corrected chi connectivity index (χ4v) is 2.45. The van der Waals surface area contributed by atoms with E-state index in [1.54, 1.807) is 19.1 Å². The van der Waals surface area contributed by atoms with Crippen molar-refractivity contribution in [2.45, 2.75) is 13.0 Å². The van der Waals surface area contributed by atoms with Crippen LogP contribution in [0.1, 0.15) is 22.7 Å². The van der Waals surface area contributed by atoms with E-state index in [1.807, 2.05) is 18.2 Å². The van der Waals surface area contributed by atoms with Crippen LogP contribution < -0.4 is 11.3 Å². The zero-order valence-electron chi connectivity index (χ0n) is 10.3. The van der Waals surface area contributed by atoms with Gasteiger partial charge in [-0.2, -0.15) is 0 Å². The van der Waals surface area contributed by atoms with Gasteiger partial charge in [0.15, 0.2) is 0 Å². The molecule has 0 aromatic heterocycles. The monoisotopic (exact) mass is 390 g/mol. The lowest BCUT2D eigenvalue weighted by molar-refractivity contribution is 0.607. The first kappa shape index (κ1) is 14.7. The van der Waals surface area contributed by atoms with Crippen LogP contribution in [0, 0.1) is 16.3 Å². The summed E-state index contributed by atoms with van der Waals surface area (Å²) in [6.07, 6.45) is 0. The van der Waals surface area contributed by atoms with Crippen molar-refractivity contribution >= 4 is 34.2 Å². The van der Waals surface area contributed by atoms with Gasteiger partial charge in [-0.25, -0.2) is 9.82 Å². The molecule has 0 bridgehead atoms. The van der Waals surface area contributed by atoms with Gasteiger partial charge >= 0.3 is 0 Å². The van der Waals surface area contributed by atoms with Crippen LogP contribution in [-0.2, 0) is 0 Å². The third kappa shape index (κ3) is 3.25. The highest BCUT2D eigenvalue weighted by Gasteiger charge is 2.14. The number of nitrogens with two attached hydrogens (primary N) is 1. The number of halogens is 3. The molecule has 2 aromatic carbocycles. The van der Waals surface area contributed by atoms with Gasteiger partial charge in [0.1, 0.15) is 5.82 Å². The number of rotatable bonds is 3. The zero-order chi connectivity index (χ0) is 14.0. The summed E-state index contributed by atoms with van der Waals surface area (Å²) < 4.78 is 14.3. The molecule has 0 aliphatic heterocycles. The molecule has 0 heterocycles. The van der Waals surface area contributed by atoms with Crippen LogP contribution in [0.5, 0.6) is 0 Å². The molecule has 2 rings (SSSR count). The standard InChI is InChI=1S/C14H13ClFIN2/c1-8-6-9(2-4-12(8)16)14(19-18)10-3-5-13(17)11(15)7-10/h2-7,14,19H,18H2,1H3. The normalized spacial score (nSPS) is 12.5. The Balaban J connectivity index is 2.43. The van der Waals surface area contributed by atoms with Crippen LogP contribution in [0.4, 0.5) is 4.39 Å². The van der Waals surface area contributed by atoms with Gasteiger partial charge in [0.2, 0.25) is 0 Å². The number of hydrazine groups is 1. The average Bonchev–Trinajstić information content (AvgIpc) is 2.39. The topological polar surface area (TPSA) is 38.0 Å². The smallest absolute Gasteiger partial charge is 0.126 e. The van der Waals surface area contributed by atoms with Gasteiger partial charge in [-0.3, -0.25) is 5.84 Å². The molecule has 0 aliphatic rings. The van der Waals surface area contributed by atoms with Crippen molar-refractivity contribution in [1.82, 2.24) is 5.43 Å². The first-order valence-corrected chi connectivity index (χ1v) is 7.15. The molecule has 0 spiro atoms. The summed E-state index contributed by atoms with van der Waals surface area (Å²) in [7, 11) is 0. The van der Waals surface area contributed by atoms with Crippen molar-refractivity contribution < 1.29 is 4.39 Å². The van der Waals surface area contributed by atoms with Gasteiger partial charge in [-0.15, -0.1) is 0 Å². The van der Waals surface area contributed by atoms with Crippen LogP contribution in [0.2, 0.25) is 5.02 Å². The van der Waals surface area contributed by atoms with Crippen molar-refractivity contribution in [3.63, 3.8) is 0 Å². The number of aryl methyl sites for hydroxylation is 1. The van der Waals surface area contributed by atoms with E-state index < -0.39 is 0 Å². The van der Waals surface area contributed by atoms with Crippen LogP contribution >= 0.6 is 34.2 Å². The van der Waals surface area contributed by atoms with E-state index in [9.17, 15) is 4.39 Å². The van der Waals surface area contributed by atoms with Gasteiger partial charge in [-0.1, -0.05) is 29.8 Å². The quantitative estimate of drug-likeness (QED) is 0.473. The van der Waals surface area contributed by atoms with E-state index in [0.29, 0.717) is 10.6 Å². The van der Waals surface area contributed by atoms with Crippen LogP contribution in [0.15, 0.2) is 36.4 Å². The third-order valence-corrected chi connectivity index (χ3v) is 4.53. The maximum Gasteiger partial charge on any atom is 0.126 e. The number of nitrogens with one attached hydrogen (secondary N) is 1. The molecule has 5 heteroatoms. The fourth-order valence-electron chi connectivity index (χ4n) is 1.92.